The second-order valence-electron chi connectivity index (χ2n) is 3.12. The van der Waals surface area contributed by atoms with Gasteiger partial charge in [-0.3, -0.25) is 4.79 Å². The molecule has 2 nitrogen and oxygen atoms in total. The van der Waals surface area contributed by atoms with Crippen molar-refractivity contribution >= 4 is 29.2 Å². The van der Waals surface area contributed by atoms with Crippen LogP contribution in [0.15, 0.2) is 18.2 Å². The van der Waals surface area contributed by atoms with Gasteiger partial charge in [-0.2, -0.15) is 0 Å². The van der Waals surface area contributed by atoms with Crippen molar-refractivity contribution in [2.24, 2.45) is 0 Å². The number of alkyl halides is 1. The van der Waals surface area contributed by atoms with Crippen LogP contribution in [0.5, 0.6) is 0 Å². The first kappa shape index (κ1) is 12.3. The third-order valence-corrected chi connectivity index (χ3v) is 2.65. The number of ether oxygens (including phenoxy) is 1. The maximum absolute atomic E-state index is 11.4. The zero-order valence-electron chi connectivity index (χ0n) is 8.59. The molecule has 0 bridgehead atoms. The summed E-state index contributed by atoms with van der Waals surface area (Å²) in [7, 11) is 0. The molecule has 0 aromatic heterocycles. The first-order valence-corrected chi connectivity index (χ1v) is 5.44. The van der Waals surface area contributed by atoms with Crippen molar-refractivity contribution in [1.82, 2.24) is 0 Å². The van der Waals surface area contributed by atoms with Crippen LogP contribution in [-0.2, 0) is 9.53 Å². The molecule has 1 rings (SSSR count). The Morgan fingerprint density at radius 1 is 1.53 bits per heavy atom. The molecule has 0 saturated carbocycles. The van der Waals surface area contributed by atoms with Gasteiger partial charge in [0.1, 0.15) is 0 Å². The maximum atomic E-state index is 11.4. The van der Waals surface area contributed by atoms with E-state index in [0.29, 0.717) is 11.6 Å². The standard InChI is InChI=1S/C11H12Cl2O2/c1-3-15-11(14)10(13)9-5-4-8(12)6-7(9)2/h4-6,10H,3H2,1-2H3. The number of rotatable bonds is 3. The van der Waals surface area contributed by atoms with Crippen LogP contribution in [0.4, 0.5) is 0 Å². The van der Waals surface area contributed by atoms with Crippen molar-refractivity contribution < 1.29 is 9.53 Å². The van der Waals surface area contributed by atoms with Gasteiger partial charge in [0.15, 0.2) is 5.38 Å². The zero-order valence-corrected chi connectivity index (χ0v) is 10.1. The van der Waals surface area contributed by atoms with Gasteiger partial charge in [0.05, 0.1) is 6.61 Å². The van der Waals surface area contributed by atoms with E-state index in [1.807, 2.05) is 6.92 Å². The highest BCUT2D eigenvalue weighted by molar-refractivity contribution is 6.31. The van der Waals surface area contributed by atoms with Gasteiger partial charge < -0.3 is 4.74 Å². The van der Waals surface area contributed by atoms with Crippen molar-refractivity contribution in [3.05, 3.63) is 34.3 Å². The summed E-state index contributed by atoms with van der Waals surface area (Å²) in [5.74, 6) is -0.426. The average Bonchev–Trinajstić information content (AvgIpc) is 2.17. The van der Waals surface area contributed by atoms with E-state index in [2.05, 4.69) is 0 Å². The molecule has 0 fully saturated rings. The van der Waals surface area contributed by atoms with Crippen LogP contribution in [-0.4, -0.2) is 12.6 Å². The molecule has 1 aromatic carbocycles. The van der Waals surface area contributed by atoms with Crippen LogP contribution in [0.3, 0.4) is 0 Å². The van der Waals surface area contributed by atoms with Crippen molar-refractivity contribution in [1.29, 1.82) is 0 Å². The quantitative estimate of drug-likeness (QED) is 0.603. The molecule has 1 aromatic rings. The predicted molar refractivity (Wildman–Crippen MR) is 61.4 cm³/mol. The molecule has 0 saturated heterocycles. The highest BCUT2D eigenvalue weighted by Gasteiger charge is 2.20. The fourth-order valence-electron chi connectivity index (χ4n) is 1.27. The van der Waals surface area contributed by atoms with Gasteiger partial charge in [0.25, 0.3) is 0 Å². The van der Waals surface area contributed by atoms with Gasteiger partial charge in [-0.25, -0.2) is 0 Å². The van der Waals surface area contributed by atoms with Gasteiger partial charge in [-0.1, -0.05) is 17.7 Å². The van der Waals surface area contributed by atoms with Crippen molar-refractivity contribution in [3.63, 3.8) is 0 Å². The Labute approximate surface area is 99.1 Å². The van der Waals surface area contributed by atoms with E-state index in [4.69, 9.17) is 27.9 Å². The Bertz CT molecular complexity index is 364. The molecule has 1 unspecified atom stereocenters. The molecule has 0 aliphatic rings. The third-order valence-electron chi connectivity index (χ3n) is 2.00. The molecule has 0 heterocycles. The molecular formula is C11H12Cl2O2. The summed E-state index contributed by atoms with van der Waals surface area (Å²) in [5, 5.41) is -0.133. The van der Waals surface area contributed by atoms with Crippen molar-refractivity contribution in [2.75, 3.05) is 6.61 Å². The molecule has 0 spiro atoms. The molecule has 0 radical (unpaired) electrons. The average molecular weight is 247 g/mol. The van der Waals surface area contributed by atoms with E-state index in [1.54, 1.807) is 25.1 Å². The lowest BCUT2D eigenvalue weighted by Gasteiger charge is -2.11. The van der Waals surface area contributed by atoms with Crippen LogP contribution >= 0.6 is 23.2 Å². The lowest BCUT2D eigenvalue weighted by Crippen LogP contribution is -2.12. The van der Waals surface area contributed by atoms with Crippen LogP contribution in [0, 0.1) is 6.92 Å². The Balaban J connectivity index is 2.91. The lowest BCUT2D eigenvalue weighted by molar-refractivity contribution is -0.142. The minimum absolute atomic E-state index is 0.328. The molecule has 82 valence electrons. The fraction of sp³-hybridized carbons (Fsp3) is 0.364. The molecule has 1 atom stereocenters. The summed E-state index contributed by atoms with van der Waals surface area (Å²) in [6.45, 7) is 3.93. The summed E-state index contributed by atoms with van der Waals surface area (Å²) in [4.78, 5) is 11.4. The zero-order chi connectivity index (χ0) is 11.4. The number of benzene rings is 1. The minimum Gasteiger partial charge on any atom is -0.465 e. The van der Waals surface area contributed by atoms with Crippen molar-refractivity contribution in [2.45, 2.75) is 19.2 Å². The normalized spacial score (nSPS) is 12.3. The fourth-order valence-corrected chi connectivity index (χ4v) is 1.80. The van der Waals surface area contributed by atoms with E-state index in [9.17, 15) is 4.79 Å². The van der Waals surface area contributed by atoms with Crippen LogP contribution < -0.4 is 0 Å². The van der Waals surface area contributed by atoms with E-state index in [1.165, 1.54) is 0 Å². The predicted octanol–water partition coefficient (Wildman–Crippen LogP) is 3.49. The maximum Gasteiger partial charge on any atom is 0.328 e. The van der Waals surface area contributed by atoms with E-state index < -0.39 is 11.3 Å². The number of hydrogen-bond donors (Lipinski definition) is 0. The van der Waals surface area contributed by atoms with Crippen LogP contribution in [0.2, 0.25) is 5.02 Å². The van der Waals surface area contributed by atoms with Crippen LogP contribution in [0.25, 0.3) is 0 Å². The van der Waals surface area contributed by atoms with Gasteiger partial charge in [-0.05, 0) is 37.1 Å². The summed E-state index contributed by atoms with van der Waals surface area (Å²) in [6, 6.07) is 5.22. The largest absolute Gasteiger partial charge is 0.465 e. The van der Waals surface area contributed by atoms with E-state index in [-0.39, 0.29) is 0 Å². The second-order valence-corrected chi connectivity index (χ2v) is 3.99. The van der Waals surface area contributed by atoms with Gasteiger partial charge in [-0.15, -0.1) is 11.6 Å². The summed E-state index contributed by atoms with van der Waals surface area (Å²) in [5.41, 5.74) is 1.62. The smallest absolute Gasteiger partial charge is 0.328 e. The van der Waals surface area contributed by atoms with Crippen LogP contribution in [0.1, 0.15) is 23.4 Å². The number of halogens is 2. The molecule has 15 heavy (non-hydrogen) atoms. The molecule has 0 aliphatic carbocycles. The Hall–Kier alpha value is -0.730. The summed E-state index contributed by atoms with van der Waals surface area (Å²) >= 11 is 11.8. The van der Waals surface area contributed by atoms with Gasteiger partial charge in [0.2, 0.25) is 0 Å². The second kappa shape index (κ2) is 5.38. The van der Waals surface area contributed by atoms with E-state index in [0.717, 1.165) is 11.1 Å². The SMILES string of the molecule is CCOC(=O)C(Cl)c1ccc(Cl)cc1C. The molecule has 0 amide bonds. The monoisotopic (exact) mass is 246 g/mol. The Kier molecular flexibility index (Phi) is 4.43. The number of aryl methyl sites for hydroxylation is 1. The highest BCUT2D eigenvalue weighted by atomic mass is 35.5. The molecule has 4 heteroatoms. The highest BCUT2D eigenvalue weighted by Crippen LogP contribution is 2.27. The molecule has 0 N–H and O–H groups in total. The number of esters is 1. The molecular weight excluding hydrogens is 235 g/mol. The molecule has 0 aliphatic heterocycles. The lowest BCUT2D eigenvalue weighted by atomic mass is 10.1. The minimum atomic E-state index is -0.762. The number of hydrogen-bond acceptors (Lipinski definition) is 2. The first-order chi connectivity index (χ1) is 7.06. The number of carbonyl (C=O) groups excluding carboxylic acids is 1. The summed E-state index contributed by atoms with van der Waals surface area (Å²) in [6.07, 6.45) is 0. The Morgan fingerprint density at radius 2 is 2.20 bits per heavy atom. The first-order valence-electron chi connectivity index (χ1n) is 4.63. The van der Waals surface area contributed by atoms with E-state index >= 15 is 0 Å². The third kappa shape index (κ3) is 3.11. The number of carbonyl (C=O) groups is 1. The Morgan fingerprint density at radius 3 is 2.73 bits per heavy atom. The topological polar surface area (TPSA) is 26.3 Å². The van der Waals surface area contributed by atoms with Gasteiger partial charge in [0, 0.05) is 5.02 Å². The summed E-state index contributed by atoms with van der Waals surface area (Å²) < 4.78 is 4.84. The van der Waals surface area contributed by atoms with Crippen molar-refractivity contribution in [3.8, 4) is 0 Å². The van der Waals surface area contributed by atoms with Gasteiger partial charge >= 0.3 is 5.97 Å².